The van der Waals surface area contributed by atoms with Gasteiger partial charge in [-0.1, -0.05) is 60.1 Å². The van der Waals surface area contributed by atoms with Crippen molar-refractivity contribution >= 4 is 17.6 Å². The Hall–Kier alpha value is -3.35. The molecule has 2 heterocycles. The minimum Gasteiger partial charge on any atom is -0.335 e. The summed E-state index contributed by atoms with van der Waals surface area (Å²) in [5.41, 5.74) is 2.63. The summed E-state index contributed by atoms with van der Waals surface area (Å²) in [4.78, 5) is 31.4. The third kappa shape index (κ3) is 3.19. The molecule has 0 radical (unpaired) electrons. The highest BCUT2D eigenvalue weighted by atomic mass is 16.5. The Balaban J connectivity index is 1.66. The number of allylic oxidation sites excluding steroid dienone is 3. The second-order valence-electron chi connectivity index (χ2n) is 6.88. The number of nitrogens with zero attached hydrogens (tertiary/aromatic N) is 4. The minimum absolute atomic E-state index is 0.120. The molecule has 0 saturated heterocycles. The predicted molar refractivity (Wildman–Crippen MR) is 103 cm³/mol. The van der Waals surface area contributed by atoms with E-state index >= 15 is 0 Å². The molecule has 0 saturated carbocycles. The first-order valence-electron chi connectivity index (χ1n) is 9.32. The molecule has 0 N–H and O–H groups in total. The number of aromatic nitrogens is 2. The zero-order chi connectivity index (χ0) is 19.7. The summed E-state index contributed by atoms with van der Waals surface area (Å²) in [6, 6.07) is 7.46. The van der Waals surface area contributed by atoms with Crippen molar-refractivity contribution < 1.29 is 18.7 Å². The highest BCUT2D eigenvalue weighted by Crippen LogP contribution is 2.22. The van der Waals surface area contributed by atoms with Gasteiger partial charge in [0.2, 0.25) is 5.82 Å². The van der Waals surface area contributed by atoms with E-state index in [0.29, 0.717) is 30.4 Å². The second kappa shape index (κ2) is 7.34. The lowest BCUT2D eigenvalue weighted by Crippen LogP contribution is -2.54. The lowest BCUT2D eigenvalue weighted by Gasteiger charge is -2.26. The van der Waals surface area contributed by atoms with Crippen LogP contribution in [0.25, 0.3) is 11.4 Å². The van der Waals surface area contributed by atoms with Crippen molar-refractivity contribution in [1.82, 2.24) is 15.0 Å². The smallest absolute Gasteiger partial charge is 0.335 e. The molecular weight excluding hydrogens is 356 g/mol. The summed E-state index contributed by atoms with van der Waals surface area (Å²) in [7, 11) is 0. The third-order valence-corrected chi connectivity index (χ3v) is 4.82. The number of rotatable bonds is 5. The largest absolute Gasteiger partial charge is 0.501 e. The van der Waals surface area contributed by atoms with E-state index in [0.717, 1.165) is 11.1 Å². The summed E-state index contributed by atoms with van der Waals surface area (Å²) in [5.74, 6) is 0.142. The molecule has 3 amide bonds. The van der Waals surface area contributed by atoms with Crippen LogP contribution >= 0.6 is 0 Å². The van der Waals surface area contributed by atoms with E-state index in [2.05, 4.69) is 10.1 Å². The third-order valence-electron chi connectivity index (χ3n) is 4.82. The summed E-state index contributed by atoms with van der Waals surface area (Å²) < 4.78 is 6.94. The van der Waals surface area contributed by atoms with Crippen LogP contribution in [0.1, 0.15) is 24.8 Å². The maximum absolute atomic E-state index is 13.0. The SMILES string of the molecule is CCCN1C(=O)C2C=CC=CC2=[N+](Cc2nc(-c3ccc(C)cc3)no2)C1=O. The molecule has 1 unspecified atom stereocenters. The molecule has 1 aromatic heterocycles. The minimum atomic E-state index is -0.464. The Kier molecular flexibility index (Phi) is 4.73. The summed E-state index contributed by atoms with van der Waals surface area (Å²) in [5, 5.41) is 4.04. The van der Waals surface area contributed by atoms with Gasteiger partial charge in [-0.05, 0) is 19.4 Å². The number of urea groups is 1. The number of fused-ring (bicyclic) bond motifs is 1. The number of hydrogen-bond acceptors (Lipinski definition) is 5. The van der Waals surface area contributed by atoms with E-state index in [4.69, 9.17) is 4.52 Å². The Morgan fingerprint density at radius 2 is 1.96 bits per heavy atom. The zero-order valence-electron chi connectivity index (χ0n) is 15.8. The molecule has 0 spiro atoms. The quantitative estimate of drug-likeness (QED) is 0.748. The number of amides is 3. The van der Waals surface area contributed by atoms with E-state index in [-0.39, 0.29) is 18.5 Å². The van der Waals surface area contributed by atoms with Crippen molar-refractivity contribution in [2.45, 2.75) is 26.8 Å². The fourth-order valence-corrected chi connectivity index (χ4v) is 3.38. The Morgan fingerprint density at radius 3 is 2.71 bits per heavy atom. The molecule has 1 aliphatic heterocycles. The van der Waals surface area contributed by atoms with Gasteiger partial charge < -0.3 is 4.52 Å². The molecule has 1 atom stereocenters. The number of carbonyl (C=O) groups excluding carboxylic acids is 2. The molecule has 1 aromatic carbocycles. The standard InChI is InChI=1S/C21H21N4O3/c1-3-12-24-20(26)16-6-4-5-7-17(16)25(21(24)27)13-18-22-19(23-28-18)15-10-8-14(2)9-11-15/h4-11,16H,3,12-13H2,1-2H3/q+1. The van der Waals surface area contributed by atoms with Gasteiger partial charge in [0.1, 0.15) is 11.6 Å². The average Bonchev–Trinajstić information content (AvgIpc) is 3.18. The van der Waals surface area contributed by atoms with Crippen LogP contribution < -0.4 is 0 Å². The highest BCUT2D eigenvalue weighted by molar-refractivity contribution is 6.16. The second-order valence-corrected chi connectivity index (χ2v) is 6.88. The average molecular weight is 377 g/mol. The van der Waals surface area contributed by atoms with Gasteiger partial charge in [-0.2, -0.15) is 19.3 Å². The van der Waals surface area contributed by atoms with Gasteiger partial charge in [-0.3, -0.25) is 0 Å². The van der Waals surface area contributed by atoms with E-state index in [9.17, 15) is 9.59 Å². The number of benzene rings is 1. The van der Waals surface area contributed by atoms with Crippen LogP contribution in [0, 0.1) is 12.8 Å². The normalized spacial score (nSPS) is 18.8. The topological polar surface area (TPSA) is 79.3 Å². The molecule has 142 valence electrons. The van der Waals surface area contributed by atoms with E-state index in [1.165, 1.54) is 4.90 Å². The van der Waals surface area contributed by atoms with Gasteiger partial charge in [-0.25, -0.2) is 4.79 Å². The predicted octanol–water partition coefficient (Wildman–Crippen LogP) is 3.11. The van der Waals surface area contributed by atoms with E-state index < -0.39 is 5.92 Å². The van der Waals surface area contributed by atoms with Crippen LogP contribution in [-0.4, -0.2) is 43.8 Å². The van der Waals surface area contributed by atoms with Crippen LogP contribution in [0.15, 0.2) is 53.1 Å². The zero-order valence-corrected chi connectivity index (χ0v) is 15.8. The van der Waals surface area contributed by atoms with Gasteiger partial charge in [0.25, 0.3) is 5.89 Å². The fourth-order valence-electron chi connectivity index (χ4n) is 3.38. The van der Waals surface area contributed by atoms with Gasteiger partial charge in [-0.15, -0.1) is 0 Å². The van der Waals surface area contributed by atoms with Crippen molar-refractivity contribution in [2.75, 3.05) is 6.54 Å². The molecule has 4 rings (SSSR count). The number of hydrogen-bond donors (Lipinski definition) is 0. The fraction of sp³-hybridized carbons (Fsp3) is 0.286. The molecular formula is C21H21N4O3+. The van der Waals surface area contributed by atoms with Crippen LogP contribution in [0.5, 0.6) is 0 Å². The van der Waals surface area contributed by atoms with E-state index in [1.807, 2.05) is 56.3 Å². The highest BCUT2D eigenvalue weighted by Gasteiger charge is 2.46. The van der Waals surface area contributed by atoms with Gasteiger partial charge in [0, 0.05) is 5.56 Å². The van der Waals surface area contributed by atoms with Gasteiger partial charge >= 0.3 is 11.9 Å². The van der Waals surface area contributed by atoms with Gasteiger partial charge in [0.05, 0.1) is 6.54 Å². The first kappa shape index (κ1) is 18.0. The van der Waals surface area contributed by atoms with Crippen molar-refractivity contribution in [2.24, 2.45) is 5.92 Å². The first-order chi connectivity index (χ1) is 13.6. The van der Waals surface area contributed by atoms with Gasteiger partial charge in [0.15, 0.2) is 6.54 Å². The number of imide groups is 1. The van der Waals surface area contributed by atoms with Crippen LogP contribution in [0.2, 0.25) is 0 Å². The maximum atomic E-state index is 13.0. The van der Waals surface area contributed by atoms with Crippen molar-refractivity contribution in [3.63, 3.8) is 0 Å². The molecule has 0 fully saturated rings. The summed E-state index contributed by atoms with van der Waals surface area (Å²) in [6.07, 6.45) is 7.95. The van der Waals surface area contributed by atoms with Crippen molar-refractivity contribution in [3.8, 4) is 11.4 Å². The number of aryl methyl sites for hydroxylation is 1. The van der Waals surface area contributed by atoms with Crippen LogP contribution in [0.4, 0.5) is 4.79 Å². The number of carbonyl (C=O) groups is 2. The monoisotopic (exact) mass is 377 g/mol. The van der Waals surface area contributed by atoms with E-state index in [1.54, 1.807) is 10.7 Å². The summed E-state index contributed by atoms with van der Waals surface area (Å²) >= 11 is 0. The van der Waals surface area contributed by atoms with Crippen LogP contribution in [0.3, 0.4) is 0 Å². The lowest BCUT2D eigenvalue weighted by atomic mass is 9.94. The first-order valence-corrected chi connectivity index (χ1v) is 9.32. The molecule has 0 bridgehead atoms. The molecule has 7 nitrogen and oxygen atoms in total. The van der Waals surface area contributed by atoms with Crippen molar-refractivity contribution in [1.29, 1.82) is 0 Å². The molecule has 2 aliphatic rings. The Labute approximate surface area is 162 Å². The summed E-state index contributed by atoms with van der Waals surface area (Å²) in [6.45, 7) is 4.45. The lowest BCUT2D eigenvalue weighted by molar-refractivity contribution is -0.460. The molecule has 2 aromatic rings. The molecule has 28 heavy (non-hydrogen) atoms. The molecule has 1 aliphatic carbocycles. The Morgan fingerprint density at radius 1 is 1.18 bits per heavy atom. The van der Waals surface area contributed by atoms with Crippen LogP contribution in [-0.2, 0) is 11.3 Å². The maximum Gasteiger partial charge on any atom is 0.501 e. The molecule has 7 heteroatoms. The van der Waals surface area contributed by atoms with Crippen molar-refractivity contribution in [3.05, 3.63) is 60.0 Å². The Bertz CT molecular complexity index is 1010.